The number of methoxy groups -OCH3 is 1. The molecule has 96 valence electrons. The SMILES string of the molecule is CCC(NC(C)C(C)N)c1ccccc1OC. The average molecular weight is 236 g/mol. The first-order valence-electron chi connectivity index (χ1n) is 6.24. The molecule has 1 aromatic carbocycles. The molecule has 0 aromatic heterocycles. The number of ether oxygens (including phenoxy) is 1. The first kappa shape index (κ1) is 14.0. The maximum atomic E-state index is 5.89. The summed E-state index contributed by atoms with van der Waals surface area (Å²) in [5.74, 6) is 0.934. The molecular formula is C14H24N2O. The molecule has 0 spiro atoms. The summed E-state index contributed by atoms with van der Waals surface area (Å²) < 4.78 is 5.40. The Kier molecular flexibility index (Phi) is 5.45. The van der Waals surface area contributed by atoms with Gasteiger partial charge in [-0.25, -0.2) is 0 Å². The third kappa shape index (κ3) is 3.72. The number of rotatable bonds is 6. The van der Waals surface area contributed by atoms with E-state index in [2.05, 4.69) is 25.2 Å². The van der Waals surface area contributed by atoms with E-state index in [9.17, 15) is 0 Å². The number of nitrogens with two attached hydrogens (primary N) is 1. The van der Waals surface area contributed by atoms with E-state index in [0.717, 1.165) is 12.2 Å². The molecular weight excluding hydrogens is 212 g/mol. The lowest BCUT2D eigenvalue weighted by Crippen LogP contribution is -2.42. The molecule has 3 nitrogen and oxygen atoms in total. The van der Waals surface area contributed by atoms with Crippen molar-refractivity contribution in [1.82, 2.24) is 5.32 Å². The zero-order chi connectivity index (χ0) is 12.8. The molecule has 0 aliphatic rings. The minimum Gasteiger partial charge on any atom is -0.496 e. The molecule has 0 bridgehead atoms. The van der Waals surface area contributed by atoms with Crippen LogP contribution in [-0.4, -0.2) is 19.2 Å². The van der Waals surface area contributed by atoms with Gasteiger partial charge in [0.05, 0.1) is 7.11 Å². The Morgan fingerprint density at radius 2 is 1.94 bits per heavy atom. The second-order valence-corrected chi connectivity index (χ2v) is 4.52. The highest BCUT2D eigenvalue weighted by atomic mass is 16.5. The van der Waals surface area contributed by atoms with Gasteiger partial charge in [-0.15, -0.1) is 0 Å². The van der Waals surface area contributed by atoms with Crippen molar-refractivity contribution in [2.75, 3.05) is 7.11 Å². The van der Waals surface area contributed by atoms with Gasteiger partial charge in [0.2, 0.25) is 0 Å². The van der Waals surface area contributed by atoms with Crippen molar-refractivity contribution in [3.63, 3.8) is 0 Å². The van der Waals surface area contributed by atoms with Crippen LogP contribution in [0, 0.1) is 0 Å². The third-order valence-electron chi connectivity index (χ3n) is 3.18. The van der Waals surface area contributed by atoms with Crippen LogP contribution in [0.5, 0.6) is 5.75 Å². The molecule has 1 aromatic rings. The van der Waals surface area contributed by atoms with Crippen molar-refractivity contribution in [2.45, 2.75) is 45.3 Å². The molecule has 0 radical (unpaired) electrons. The smallest absolute Gasteiger partial charge is 0.123 e. The molecule has 1 rings (SSSR count). The fourth-order valence-electron chi connectivity index (χ4n) is 1.85. The Morgan fingerprint density at radius 3 is 2.47 bits per heavy atom. The predicted molar refractivity (Wildman–Crippen MR) is 72.3 cm³/mol. The summed E-state index contributed by atoms with van der Waals surface area (Å²) in [7, 11) is 1.71. The number of hydrogen-bond donors (Lipinski definition) is 2. The molecule has 0 fully saturated rings. The normalized spacial score (nSPS) is 16.3. The largest absolute Gasteiger partial charge is 0.496 e. The molecule has 3 atom stereocenters. The highest BCUT2D eigenvalue weighted by Gasteiger charge is 2.17. The Balaban J connectivity index is 2.86. The molecule has 0 aliphatic carbocycles. The van der Waals surface area contributed by atoms with Crippen LogP contribution < -0.4 is 15.8 Å². The Labute approximate surface area is 104 Å². The van der Waals surface area contributed by atoms with E-state index < -0.39 is 0 Å². The summed E-state index contributed by atoms with van der Waals surface area (Å²) >= 11 is 0. The van der Waals surface area contributed by atoms with Crippen LogP contribution in [0.15, 0.2) is 24.3 Å². The van der Waals surface area contributed by atoms with Gasteiger partial charge < -0.3 is 15.8 Å². The van der Waals surface area contributed by atoms with Gasteiger partial charge in [-0.1, -0.05) is 25.1 Å². The van der Waals surface area contributed by atoms with Gasteiger partial charge in [0, 0.05) is 23.7 Å². The van der Waals surface area contributed by atoms with Crippen molar-refractivity contribution >= 4 is 0 Å². The average Bonchev–Trinajstić information content (AvgIpc) is 2.35. The van der Waals surface area contributed by atoms with Gasteiger partial charge in [-0.2, -0.15) is 0 Å². The van der Waals surface area contributed by atoms with Crippen LogP contribution >= 0.6 is 0 Å². The van der Waals surface area contributed by atoms with Crippen LogP contribution in [0.25, 0.3) is 0 Å². The molecule has 0 heterocycles. The van der Waals surface area contributed by atoms with E-state index >= 15 is 0 Å². The lowest BCUT2D eigenvalue weighted by molar-refractivity contribution is 0.374. The standard InChI is InChI=1S/C14H24N2O/c1-5-13(16-11(3)10(2)15)12-8-6-7-9-14(12)17-4/h6-11,13,16H,5,15H2,1-4H3. The van der Waals surface area contributed by atoms with Gasteiger partial charge in [-0.3, -0.25) is 0 Å². The van der Waals surface area contributed by atoms with Crippen molar-refractivity contribution < 1.29 is 4.74 Å². The Morgan fingerprint density at radius 1 is 1.29 bits per heavy atom. The topological polar surface area (TPSA) is 47.3 Å². The van der Waals surface area contributed by atoms with Crippen LogP contribution in [0.4, 0.5) is 0 Å². The number of hydrogen-bond acceptors (Lipinski definition) is 3. The fourth-order valence-corrected chi connectivity index (χ4v) is 1.85. The lowest BCUT2D eigenvalue weighted by atomic mass is 10.0. The van der Waals surface area contributed by atoms with Crippen molar-refractivity contribution in [3.05, 3.63) is 29.8 Å². The molecule has 0 saturated heterocycles. The van der Waals surface area contributed by atoms with Crippen LogP contribution in [0.1, 0.15) is 38.8 Å². The van der Waals surface area contributed by atoms with Crippen LogP contribution in [0.3, 0.4) is 0 Å². The monoisotopic (exact) mass is 236 g/mol. The van der Waals surface area contributed by atoms with Crippen molar-refractivity contribution in [1.29, 1.82) is 0 Å². The molecule has 0 aliphatic heterocycles. The van der Waals surface area contributed by atoms with E-state index in [1.165, 1.54) is 5.56 Å². The van der Waals surface area contributed by atoms with Gasteiger partial charge in [0.25, 0.3) is 0 Å². The molecule has 3 heteroatoms. The van der Waals surface area contributed by atoms with Crippen molar-refractivity contribution in [3.8, 4) is 5.75 Å². The lowest BCUT2D eigenvalue weighted by Gasteiger charge is -2.26. The minimum absolute atomic E-state index is 0.138. The van der Waals surface area contributed by atoms with E-state index in [0.29, 0.717) is 0 Å². The van der Waals surface area contributed by atoms with E-state index in [-0.39, 0.29) is 18.1 Å². The Hall–Kier alpha value is -1.06. The minimum atomic E-state index is 0.138. The van der Waals surface area contributed by atoms with E-state index in [4.69, 9.17) is 10.5 Å². The zero-order valence-electron chi connectivity index (χ0n) is 11.2. The highest BCUT2D eigenvalue weighted by Crippen LogP contribution is 2.27. The molecule has 3 unspecified atom stereocenters. The quantitative estimate of drug-likeness (QED) is 0.797. The molecule has 0 amide bonds. The number of nitrogens with one attached hydrogen (secondary N) is 1. The van der Waals surface area contributed by atoms with Gasteiger partial charge in [0.15, 0.2) is 0 Å². The summed E-state index contributed by atoms with van der Waals surface area (Å²) in [6.45, 7) is 6.30. The predicted octanol–water partition coefficient (Wildman–Crippen LogP) is 2.47. The summed E-state index contributed by atoms with van der Waals surface area (Å²) in [5, 5.41) is 3.55. The maximum absolute atomic E-state index is 5.89. The van der Waals surface area contributed by atoms with Gasteiger partial charge >= 0.3 is 0 Å². The first-order chi connectivity index (χ1) is 8.10. The second-order valence-electron chi connectivity index (χ2n) is 4.52. The molecule has 17 heavy (non-hydrogen) atoms. The maximum Gasteiger partial charge on any atom is 0.123 e. The van der Waals surface area contributed by atoms with Gasteiger partial charge in [-0.05, 0) is 26.3 Å². The number of para-hydroxylation sites is 1. The zero-order valence-corrected chi connectivity index (χ0v) is 11.2. The highest BCUT2D eigenvalue weighted by molar-refractivity contribution is 5.35. The summed E-state index contributed by atoms with van der Waals surface area (Å²) in [6.07, 6.45) is 1.01. The summed E-state index contributed by atoms with van der Waals surface area (Å²) in [5.41, 5.74) is 7.09. The fraction of sp³-hybridized carbons (Fsp3) is 0.571. The first-order valence-corrected chi connectivity index (χ1v) is 6.24. The molecule has 0 saturated carbocycles. The third-order valence-corrected chi connectivity index (χ3v) is 3.18. The summed E-state index contributed by atoms with van der Waals surface area (Å²) in [6, 6.07) is 8.84. The van der Waals surface area contributed by atoms with E-state index in [1.54, 1.807) is 7.11 Å². The van der Waals surface area contributed by atoms with Gasteiger partial charge in [0.1, 0.15) is 5.75 Å². The number of benzene rings is 1. The second kappa shape index (κ2) is 6.62. The molecule has 3 N–H and O–H groups in total. The van der Waals surface area contributed by atoms with E-state index in [1.807, 2.05) is 25.1 Å². The van der Waals surface area contributed by atoms with Crippen LogP contribution in [-0.2, 0) is 0 Å². The van der Waals surface area contributed by atoms with Crippen LogP contribution in [0.2, 0.25) is 0 Å². The summed E-state index contributed by atoms with van der Waals surface area (Å²) in [4.78, 5) is 0. The Bertz CT molecular complexity index is 339. The van der Waals surface area contributed by atoms with Crippen molar-refractivity contribution in [2.24, 2.45) is 5.73 Å².